The van der Waals surface area contributed by atoms with Gasteiger partial charge in [-0.25, -0.2) is 4.39 Å². The van der Waals surface area contributed by atoms with E-state index in [1.807, 2.05) is 0 Å². The molecule has 0 saturated heterocycles. The van der Waals surface area contributed by atoms with Crippen LogP contribution in [0.25, 0.3) is 0 Å². The third-order valence-corrected chi connectivity index (χ3v) is 12.4. The molecule has 3 saturated carbocycles. The SMILES string of the molecule is CCCCCCCCCOc1ccc(C2CCC3(CC2)C(=O)C2(CCC(c4ccc(OCCCCCCCCC)cc4)CC2)C3F)cc1. The second-order valence-corrected chi connectivity index (χ2v) is 15.6. The van der Waals surface area contributed by atoms with Crippen molar-refractivity contribution >= 4 is 5.78 Å². The van der Waals surface area contributed by atoms with Gasteiger partial charge in [0.25, 0.3) is 0 Å². The van der Waals surface area contributed by atoms with Crippen LogP contribution in [0.4, 0.5) is 4.39 Å². The smallest absolute Gasteiger partial charge is 0.151 e. The van der Waals surface area contributed by atoms with Crippen molar-refractivity contribution in [2.24, 2.45) is 10.8 Å². The number of hydrogen-bond donors (Lipinski definition) is 0. The summed E-state index contributed by atoms with van der Waals surface area (Å²) in [6.45, 7) is 6.08. The number of ether oxygens (including phenoxy) is 2. The van der Waals surface area contributed by atoms with Gasteiger partial charge in [0.1, 0.15) is 17.7 Å². The Morgan fingerprint density at radius 1 is 0.542 bits per heavy atom. The standard InChI is InChI=1S/C44H65FO3/c1-3-5-7-9-11-13-15-33-47-39-21-17-35(18-22-39)37-25-29-43(30-26-37)41(45)44(42(43)46)31-27-38(28-32-44)36-19-23-40(24-20-36)48-34-16-14-12-10-8-6-4-2/h17-24,37-38,41H,3-16,25-34H2,1-2H3. The second kappa shape index (κ2) is 18.6. The maximum atomic E-state index is 16.3. The number of carbonyl (C=O) groups is 1. The minimum atomic E-state index is -0.982. The minimum absolute atomic E-state index is 0.252. The number of Topliss-reactive ketones (excluding diaryl/α,β-unsaturated/α-hetero) is 1. The first-order valence-corrected chi connectivity index (χ1v) is 20.2. The van der Waals surface area contributed by atoms with Gasteiger partial charge in [-0.2, -0.15) is 0 Å². The van der Waals surface area contributed by atoms with Crippen molar-refractivity contribution in [2.75, 3.05) is 13.2 Å². The van der Waals surface area contributed by atoms with Crippen LogP contribution in [0, 0.1) is 10.8 Å². The highest BCUT2D eigenvalue weighted by Crippen LogP contribution is 2.66. The van der Waals surface area contributed by atoms with E-state index in [1.54, 1.807) is 0 Å². The van der Waals surface area contributed by atoms with Crippen molar-refractivity contribution in [1.82, 2.24) is 0 Å². The van der Waals surface area contributed by atoms with Crippen LogP contribution in [0.3, 0.4) is 0 Å². The summed E-state index contributed by atoms with van der Waals surface area (Å²) in [4.78, 5) is 13.9. The molecule has 0 bridgehead atoms. The summed E-state index contributed by atoms with van der Waals surface area (Å²) in [5.74, 6) is 2.94. The zero-order valence-electron chi connectivity index (χ0n) is 30.4. The van der Waals surface area contributed by atoms with E-state index in [1.165, 1.54) is 88.2 Å². The predicted molar refractivity (Wildman–Crippen MR) is 197 cm³/mol. The number of hydrogen-bond acceptors (Lipinski definition) is 3. The number of halogens is 1. The summed E-state index contributed by atoms with van der Waals surface area (Å²) in [5, 5.41) is 0. The van der Waals surface area contributed by atoms with Crippen LogP contribution < -0.4 is 9.47 Å². The molecule has 0 aromatic heterocycles. The monoisotopic (exact) mass is 660 g/mol. The van der Waals surface area contributed by atoms with Gasteiger partial charge < -0.3 is 9.47 Å². The van der Waals surface area contributed by atoms with E-state index in [0.717, 1.165) is 63.2 Å². The van der Waals surface area contributed by atoms with Crippen molar-refractivity contribution in [3.8, 4) is 11.5 Å². The molecule has 3 nitrogen and oxygen atoms in total. The Hall–Kier alpha value is -2.36. The van der Waals surface area contributed by atoms with Gasteiger partial charge in [0, 0.05) is 0 Å². The molecule has 3 aliphatic rings. The molecular formula is C44H65FO3. The number of unbranched alkanes of at least 4 members (excludes halogenated alkanes) is 12. The molecule has 0 unspecified atom stereocenters. The first kappa shape index (κ1) is 36.9. The van der Waals surface area contributed by atoms with E-state index >= 15 is 4.39 Å². The summed E-state index contributed by atoms with van der Waals surface area (Å²) in [5.41, 5.74) is 1.16. The molecular weight excluding hydrogens is 595 g/mol. The molecule has 0 atom stereocenters. The summed E-state index contributed by atoms with van der Waals surface area (Å²) < 4.78 is 28.3. The predicted octanol–water partition coefficient (Wildman–Crippen LogP) is 12.9. The molecule has 0 heterocycles. The molecule has 2 aromatic carbocycles. The second-order valence-electron chi connectivity index (χ2n) is 15.6. The number of carbonyl (C=O) groups excluding carboxylic acids is 1. The van der Waals surface area contributed by atoms with Gasteiger partial charge in [0.15, 0.2) is 5.78 Å². The van der Waals surface area contributed by atoms with Crippen LogP contribution in [-0.2, 0) is 4.79 Å². The lowest BCUT2D eigenvalue weighted by Crippen LogP contribution is -2.69. The third-order valence-electron chi connectivity index (χ3n) is 12.4. The van der Waals surface area contributed by atoms with E-state index in [0.29, 0.717) is 37.5 Å². The number of benzene rings is 2. The van der Waals surface area contributed by atoms with Gasteiger partial charge >= 0.3 is 0 Å². The normalized spacial score (nSPS) is 26.9. The van der Waals surface area contributed by atoms with Crippen LogP contribution in [0.15, 0.2) is 48.5 Å². The van der Waals surface area contributed by atoms with E-state index in [-0.39, 0.29) is 5.78 Å². The quantitative estimate of drug-likeness (QED) is 0.133. The molecule has 0 radical (unpaired) electrons. The fourth-order valence-corrected chi connectivity index (χ4v) is 9.24. The van der Waals surface area contributed by atoms with Crippen molar-refractivity contribution in [3.05, 3.63) is 59.7 Å². The van der Waals surface area contributed by atoms with Crippen LogP contribution in [0.2, 0.25) is 0 Å². The molecule has 3 fully saturated rings. The fourth-order valence-electron chi connectivity index (χ4n) is 9.24. The van der Waals surface area contributed by atoms with Crippen molar-refractivity contribution in [3.63, 3.8) is 0 Å². The number of rotatable bonds is 20. The maximum Gasteiger partial charge on any atom is 0.151 e. The fraction of sp³-hybridized carbons (Fsp3) is 0.705. The van der Waals surface area contributed by atoms with Crippen molar-refractivity contribution < 1.29 is 18.7 Å². The molecule has 48 heavy (non-hydrogen) atoms. The highest BCUT2D eigenvalue weighted by Gasteiger charge is 2.71. The molecule has 266 valence electrons. The zero-order valence-corrected chi connectivity index (χ0v) is 30.4. The largest absolute Gasteiger partial charge is 0.494 e. The van der Waals surface area contributed by atoms with E-state index in [4.69, 9.17) is 9.47 Å². The Morgan fingerprint density at radius 3 is 1.21 bits per heavy atom. The number of alkyl halides is 1. The molecule has 5 rings (SSSR count). The number of ketones is 1. The molecule has 2 spiro atoms. The zero-order chi connectivity index (χ0) is 33.7. The molecule has 4 heteroatoms. The topological polar surface area (TPSA) is 35.5 Å². The molecule has 0 amide bonds. The van der Waals surface area contributed by atoms with E-state index in [2.05, 4.69) is 62.4 Å². The molecule has 3 aliphatic carbocycles. The Bertz CT molecular complexity index is 1110. The van der Waals surface area contributed by atoms with Crippen LogP contribution in [0.1, 0.15) is 178 Å². The molecule has 2 aromatic rings. The van der Waals surface area contributed by atoms with Gasteiger partial charge in [0.05, 0.1) is 24.0 Å². The Morgan fingerprint density at radius 2 is 0.875 bits per heavy atom. The van der Waals surface area contributed by atoms with Crippen molar-refractivity contribution in [1.29, 1.82) is 0 Å². The van der Waals surface area contributed by atoms with Gasteiger partial charge in [-0.3, -0.25) is 4.79 Å². The van der Waals surface area contributed by atoms with E-state index in [9.17, 15) is 4.79 Å². The lowest BCUT2D eigenvalue weighted by molar-refractivity contribution is -0.191. The van der Waals surface area contributed by atoms with E-state index < -0.39 is 17.0 Å². The van der Waals surface area contributed by atoms with Crippen LogP contribution >= 0.6 is 0 Å². The lowest BCUT2D eigenvalue weighted by atomic mass is 9.41. The van der Waals surface area contributed by atoms with Gasteiger partial charge in [-0.1, -0.05) is 115 Å². The Labute approximate surface area is 292 Å². The van der Waals surface area contributed by atoms with Gasteiger partial charge in [-0.05, 0) is 111 Å². The first-order valence-electron chi connectivity index (χ1n) is 20.2. The summed E-state index contributed by atoms with van der Waals surface area (Å²) >= 11 is 0. The minimum Gasteiger partial charge on any atom is -0.494 e. The Kier molecular flexibility index (Phi) is 14.3. The lowest BCUT2D eigenvalue weighted by Gasteiger charge is -2.61. The third kappa shape index (κ3) is 9.05. The Balaban J connectivity index is 1.00. The highest BCUT2D eigenvalue weighted by molar-refractivity contribution is 5.98. The molecule has 0 N–H and O–H groups in total. The van der Waals surface area contributed by atoms with Crippen LogP contribution in [-0.4, -0.2) is 25.2 Å². The highest BCUT2D eigenvalue weighted by atomic mass is 19.1. The average molecular weight is 661 g/mol. The maximum absolute atomic E-state index is 16.3. The summed E-state index contributed by atoms with van der Waals surface area (Å²) in [6.07, 6.45) is 23.4. The average Bonchev–Trinajstić information content (AvgIpc) is 3.14. The van der Waals surface area contributed by atoms with Crippen molar-refractivity contribution in [2.45, 2.75) is 173 Å². The summed E-state index contributed by atoms with van der Waals surface area (Å²) in [7, 11) is 0. The summed E-state index contributed by atoms with van der Waals surface area (Å²) in [6, 6.07) is 17.1. The van der Waals surface area contributed by atoms with Crippen LogP contribution in [0.5, 0.6) is 11.5 Å². The van der Waals surface area contributed by atoms with Gasteiger partial charge in [-0.15, -0.1) is 0 Å². The van der Waals surface area contributed by atoms with Gasteiger partial charge in [0.2, 0.25) is 0 Å². The molecule has 0 aliphatic heterocycles. The first-order chi connectivity index (χ1) is 23.5.